The van der Waals surface area contributed by atoms with Crippen LogP contribution in [0.5, 0.6) is 0 Å². The Morgan fingerprint density at radius 2 is 1.86 bits per heavy atom. The van der Waals surface area contributed by atoms with Gasteiger partial charge in [0.2, 0.25) is 0 Å². The molecule has 0 saturated heterocycles. The van der Waals surface area contributed by atoms with Crippen molar-refractivity contribution in [2.75, 3.05) is 11.1 Å². The first-order valence-electron chi connectivity index (χ1n) is 6.12. The van der Waals surface area contributed by atoms with E-state index in [1.54, 1.807) is 19.1 Å². The Morgan fingerprint density at radius 1 is 1.14 bits per heavy atom. The third-order valence-corrected chi connectivity index (χ3v) is 2.98. The van der Waals surface area contributed by atoms with Crippen molar-refractivity contribution in [2.45, 2.75) is 13.1 Å². The summed E-state index contributed by atoms with van der Waals surface area (Å²) in [4.78, 5) is 12.0. The van der Waals surface area contributed by atoms with Crippen molar-refractivity contribution in [3.8, 4) is 0 Å². The predicted molar refractivity (Wildman–Crippen MR) is 75.0 cm³/mol. The zero-order valence-corrected chi connectivity index (χ0v) is 11.2. The van der Waals surface area contributed by atoms with Crippen LogP contribution in [0.1, 0.15) is 21.5 Å². The van der Waals surface area contributed by atoms with Crippen molar-refractivity contribution in [3.63, 3.8) is 0 Å². The molecule has 0 heterocycles. The van der Waals surface area contributed by atoms with E-state index in [4.69, 9.17) is 5.73 Å². The lowest BCUT2D eigenvalue weighted by Gasteiger charge is -2.10. The summed E-state index contributed by atoms with van der Waals surface area (Å²) < 4.78 is 37.8. The molecule has 0 radical (unpaired) electrons. The van der Waals surface area contributed by atoms with E-state index in [9.17, 15) is 18.0 Å². The van der Waals surface area contributed by atoms with Gasteiger partial charge in [-0.05, 0) is 48.9 Å². The van der Waals surface area contributed by atoms with E-state index in [-0.39, 0.29) is 5.69 Å². The van der Waals surface area contributed by atoms with Crippen molar-refractivity contribution in [1.29, 1.82) is 0 Å². The van der Waals surface area contributed by atoms with Crippen LogP contribution in [0.25, 0.3) is 0 Å². The maximum Gasteiger partial charge on any atom is 0.416 e. The zero-order valence-electron chi connectivity index (χ0n) is 11.2. The number of aryl methyl sites for hydroxylation is 1. The number of benzene rings is 2. The second-order valence-corrected chi connectivity index (χ2v) is 4.60. The number of nitrogens with one attached hydrogen (secondary N) is 1. The number of carbonyl (C=O) groups excluding carboxylic acids is 1. The molecule has 0 aliphatic carbocycles. The van der Waals surface area contributed by atoms with Gasteiger partial charge in [-0.25, -0.2) is 0 Å². The Morgan fingerprint density at radius 3 is 2.48 bits per heavy atom. The molecule has 3 nitrogen and oxygen atoms in total. The Labute approximate surface area is 119 Å². The third kappa shape index (κ3) is 3.53. The molecule has 2 aromatic carbocycles. The summed E-state index contributed by atoms with van der Waals surface area (Å²) in [6.07, 6.45) is -4.45. The van der Waals surface area contributed by atoms with Crippen LogP contribution >= 0.6 is 0 Å². The molecule has 0 bridgehead atoms. The van der Waals surface area contributed by atoms with Gasteiger partial charge in [0.15, 0.2) is 0 Å². The lowest BCUT2D eigenvalue weighted by atomic mass is 10.1. The van der Waals surface area contributed by atoms with Gasteiger partial charge in [-0.2, -0.15) is 13.2 Å². The number of amides is 1. The van der Waals surface area contributed by atoms with E-state index in [2.05, 4.69) is 5.32 Å². The van der Waals surface area contributed by atoms with Gasteiger partial charge in [-0.1, -0.05) is 6.07 Å². The number of hydrogen-bond donors (Lipinski definition) is 2. The average molecular weight is 294 g/mol. The minimum Gasteiger partial charge on any atom is -0.399 e. The molecule has 3 N–H and O–H groups in total. The van der Waals surface area contributed by atoms with Gasteiger partial charge >= 0.3 is 6.18 Å². The highest BCUT2D eigenvalue weighted by molar-refractivity contribution is 6.04. The van der Waals surface area contributed by atoms with Crippen LogP contribution in [0.3, 0.4) is 0 Å². The predicted octanol–water partition coefficient (Wildman–Crippen LogP) is 3.85. The largest absolute Gasteiger partial charge is 0.416 e. The number of halogens is 3. The van der Waals surface area contributed by atoms with Crippen molar-refractivity contribution >= 4 is 17.3 Å². The van der Waals surface area contributed by atoms with Gasteiger partial charge in [0.25, 0.3) is 5.91 Å². The molecule has 0 saturated carbocycles. The number of rotatable bonds is 2. The van der Waals surface area contributed by atoms with Crippen LogP contribution in [0.15, 0.2) is 42.5 Å². The van der Waals surface area contributed by atoms with Crippen molar-refractivity contribution in [1.82, 2.24) is 0 Å². The van der Waals surface area contributed by atoms with Crippen LogP contribution in [-0.2, 0) is 6.18 Å². The maximum absolute atomic E-state index is 12.6. The van der Waals surface area contributed by atoms with Crippen LogP contribution in [-0.4, -0.2) is 5.91 Å². The summed E-state index contributed by atoms with van der Waals surface area (Å²) in [5.74, 6) is -0.488. The summed E-state index contributed by atoms with van der Waals surface area (Å²) >= 11 is 0. The topological polar surface area (TPSA) is 55.1 Å². The Hall–Kier alpha value is -2.50. The van der Waals surface area contributed by atoms with Gasteiger partial charge in [0.05, 0.1) is 5.56 Å². The van der Waals surface area contributed by atoms with E-state index in [1.165, 1.54) is 18.2 Å². The van der Waals surface area contributed by atoms with Crippen LogP contribution < -0.4 is 11.1 Å². The maximum atomic E-state index is 12.6. The highest BCUT2D eigenvalue weighted by Gasteiger charge is 2.30. The Balaban J connectivity index is 2.21. The molecule has 0 unspecified atom stereocenters. The first-order chi connectivity index (χ1) is 9.77. The molecule has 0 spiro atoms. The Bertz CT molecular complexity index is 681. The molecule has 6 heteroatoms. The lowest BCUT2D eigenvalue weighted by molar-refractivity contribution is -0.137. The molecule has 1 amide bonds. The SMILES string of the molecule is Cc1cc(C(=O)Nc2cccc(C(F)(F)F)c2)ccc1N. The summed E-state index contributed by atoms with van der Waals surface area (Å²) in [7, 11) is 0. The second-order valence-electron chi connectivity index (χ2n) is 4.60. The zero-order chi connectivity index (χ0) is 15.6. The van der Waals surface area contributed by atoms with Gasteiger partial charge in [0, 0.05) is 16.9 Å². The molecule has 0 aliphatic rings. The van der Waals surface area contributed by atoms with E-state index in [1.807, 2.05) is 0 Å². The monoisotopic (exact) mass is 294 g/mol. The molecule has 110 valence electrons. The molecule has 2 aromatic rings. The first-order valence-corrected chi connectivity index (χ1v) is 6.12. The normalized spacial score (nSPS) is 11.2. The lowest BCUT2D eigenvalue weighted by Crippen LogP contribution is -2.13. The highest BCUT2D eigenvalue weighted by Crippen LogP contribution is 2.30. The second kappa shape index (κ2) is 5.47. The van der Waals surface area contributed by atoms with E-state index in [0.29, 0.717) is 11.3 Å². The molecule has 0 fully saturated rings. The number of carbonyl (C=O) groups is 1. The summed E-state index contributed by atoms with van der Waals surface area (Å²) in [6.45, 7) is 1.75. The van der Waals surface area contributed by atoms with Crippen molar-refractivity contribution in [2.24, 2.45) is 0 Å². The third-order valence-electron chi connectivity index (χ3n) is 2.98. The minimum absolute atomic E-state index is 0.0873. The van der Waals surface area contributed by atoms with Crippen LogP contribution in [0, 0.1) is 6.92 Å². The summed E-state index contributed by atoms with van der Waals surface area (Å²) in [5, 5.41) is 2.44. The molecule has 21 heavy (non-hydrogen) atoms. The number of hydrogen-bond acceptors (Lipinski definition) is 2. The quantitative estimate of drug-likeness (QED) is 0.827. The first kappa shape index (κ1) is 14.9. The van der Waals surface area contributed by atoms with Crippen molar-refractivity contribution in [3.05, 3.63) is 59.2 Å². The number of anilines is 2. The number of alkyl halides is 3. The van der Waals surface area contributed by atoms with E-state index < -0.39 is 17.6 Å². The fraction of sp³-hybridized carbons (Fsp3) is 0.133. The fourth-order valence-corrected chi connectivity index (χ4v) is 1.79. The van der Waals surface area contributed by atoms with Crippen molar-refractivity contribution < 1.29 is 18.0 Å². The van der Waals surface area contributed by atoms with Gasteiger partial charge < -0.3 is 11.1 Å². The van der Waals surface area contributed by atoms with Crippen LogP contribution in [0.4, 0.5) is 24.5 Å². The fourth-order valence-electron chi connectivity index (χ4n) is 1.79. The minimum atomic E-state index is -4.45. The molecular weight excluding hydrogens is 281 g/mol. The standard InChI is InChI=1S/C15H13F3N2O/c1-9-7-10(5-6-13(9)19)14(21)20-12-4-2-3-11(8-12)15(16,17)18/h2-8H,19H2,1H3,(H,20,21). The molecule has 0 aromatic heterocycles. The van der Waals surface area contributed by atoms with Crippen LogP contribution in [0.2, 0.25) is 0 Å². The molecule has 0 aliphatic heterocycles. The van der Waals surface area contributed by atoms with E-state index in [0.717, 1.165) is 17.7 Å². The molecule has 0 atom stereocenters. The van der Waals surface area contributed by atoms with Gasteiger partial charge in [-0.3, -0.25) is 4.79 Å². The van der Waals surface area contributed by atoms with E-state index >= 15 is 0 Å². The average Bonchev–Trinajstić information content (AvgIpc) is 2.41. The van der Waals surface area contributed by atoms with Gasteiger partial charge in [0.1, 0.15) is 0 Å². The van der Waals surface area contributed by atoms with Gasteiger partial charge in [-0.15, -0.1) is 0 Å². The highest BCUT2D eigenvalue weighted by atomic mass is 19.4. The Kier molecular flexibility index (Phi) is 3.88. The summed E-state index contributed by atoms with van der Waals surface area (Å²) in [6, 6.07) is 9.16. The smallest absolute Gasteiger partial charge is 0.399 e. The number of nitrogens with two attached hydrogens (primary N) is 1. The number of nitrogen functional groups attached to an aromatic ring is 1. The molecule has 2 rings (SSSR count). The summed E-state index contributed by atoms with van der Waals surface area (Å²) in [5.41, 5.74) is 6.54. The molecular formula is C15H13F3N2O.